The van der Waals surface area contributed by atoms with Crippen molar-refractivity contribution in [2.75, 3.05) is 0 Å². The van der Waals surface area contributed by atoms with Crippen LogP contribution < -0.4 is 0 Å². The van der Waals surface area contributed by atoms with Gasteiger partial charge in [-0.15, -0.1) is 0 Å². The fourth-order valence-electron chi connectivity index (χ4n) is 2.16. The van der Waals surface area contributed by atoms with Gasteiger partial charge in [-0.1, -0.05) is 24.3 Å². The summed E-state index contributed by atoms with van der Waals surface area (Å²) in [4.78, 5) is 27.1. The normalized spacial score (nSPS) is 10.6. The van der Waals surface area contributed by atoms with E-state index in [1.54, 1.807) is 48.5 Å². The van der Waals surface area contributed by atoms with E-state index >= 15 is 0 Å². The second-order valence-corrected chi connectivity index (χ2v) is 5.73. The Morgan fingerprint density at radius 2 is 1.36 bits per heavy atom. The quantitative estimate of drug-likeness (QED) is 0.546. The van der Waals surface area contributed by atoms with Gasteiger partial charge in [0.15, 0.2) is 0 Å². The summed E-state index contributed by atoms with van der Waals surface area (Å²) in [6.45, 7) is 7.03. The number of carbonyl (C=O) groups is 2. The Balaban J connectivity index is 1.81. The molecule has 7 nitrogen and oxygen atoms in total. The van der Waals surface area contributed by atoms with E-state index in [0.29, 0.717) is 22.3 Å². The first-order valence-corrected chi connectivity index (χ1v) is 8.22. The van der Waals surface area contributed by atoms with Crippen LogP contribution in [0.2, 0.25) is 0 Å². The first-order valence-electron chi connectivity index (χ1n) is 8.22. The van der Waals surface area contributed by atoms with Gasteiger partial charge in [-0.05, 0) is 35.4 Å². The van der Waals surface area contributed by atoms with Crippen LogP contribution in [-0.4, -0.2) is 18.0 Å². The van der Waals surface area contributed by atoms with Crippen LogP contribution in [0.4, 0.5) is 0 Å². The molecule has 0 fully saturated rings. The number of ether oxygens (including phenoxy) is 2. The molecule has 1 atom stereocenters. The first kappa shape index (κ1) is 20.2. The minimum Gasteiger partial charge on any atom is -0.461 e. The van der Waals surface area contributed by atoms with Crippen molar-refractivity contribution < 1.29 is 19.1 Å². The molecule has 2 aromatic carbocycles. The molecule has 0 aliphatic carbocycles. The fraction of sp³-hybridized carbons (Fsp3) is 0.190. The lowest BCUT2D eigenvalue weighted by molar-refractivity contribution is -0.152. The van der Waals surface area contributed by atoms with E-state index in [2.05, 4.69) is 4.85 Å². The van der Waals surface area contributed by atoms with Gasteiger partial charge in [-0.25, -0.2) is 11.4 Å². The lowest BCUT2D eigenvalue weighted by atomic mass is 10.1. The van der Waals surface area contributed by atoms with E-state index in [-0.39, 0.29) is 13.2 Å². The molecule has 0 bridgehead atoms. The Kier molecular flexibility index (Phi) is 7.28. The molecule has 0 radical (unpaired) electrons. The van der Waals surface area contributed by atoms with Crippen LogP contribution in [0.1, 0.15) is 28.7 Å². The summed E-state index contributed by atoms with van der Waals surface area (Å²) in [5, 5.41) is 17.5. The van der Waals surface area contributed by atoms with Crippen LogP contribution in [0.3, 0.4) is 0 Å². The molecule has 2 aromatic rings. The second-order valence-electron chi connectivity index (χ2n) is 5.73. The molecule has 2 rings (SSSR count). The Hall–Kier alpha value is -4.15. The molecule has 138 valence electrons. The molecular formula is C21H15N3O4. The third-order valence-corrected chi connectivity index (χ3v) is 3.73. The van der Waals surface area contributed by atoms with Gasteiger partial charge >= 0.3 is 18.0 Å². The SMILES string of the molecule is [C-]#[N+][C@H](CC(=O)OCc1ccc(C#N)cc1)C(=O)OCc1ccc(C#N)cc1. The summed E-state index contributed by atoms with van der Waals surface area (Å²) in [6, 6.07) is 15.7. The molecule has 28 heavy (non-hydrogen) atoms. The molecule has 0 spiro atoms. The van der Waals surface area contributed by atoms with E-state index in [9.17, 15) is 9.59 Å². The zero-order valence-corrected chi connectivity index (χ0v) is 14.8. The molecule has 0 aliphatic rings. The van der Waals surface area contributed by atoms with Crippen LogP contribution in [0.25, 0.3) is 4.85 Å². The van der Waals surface area contributed by atoms with Gasteiger partial charge in [-0.2, -0.15) is 10.5 Å². The van der Waals surface area contributed by atoms with E-state index in [1.807, 2.05) is 12.1 Å². The van der Waals surface area contributed by atoms with Crippen molar-refractivity contribution in [2.45, 2.75) is 25.7 Å². The minimum atomic E-state index is -1.29. The lowest BCUT2D eigenvalue weighted by Gasteiger charge is -2.08. The average molecular weight is 373 g/mol. The van der Waals surface area contributed by atoms with Crippen LogP contribution in [0.15, 0.2) is 48.5 Å². The van der Waals surface area contributed by atoms with Crippen molar-refractivity contribution in [1.29, 1.82) is 10.5 Å². The van der Waals surface area contributed by atoms with Gasteiger partial charge in [0, 0.05) is 0 Å². The maximum atomic E-state index is 12.0. The Bertz CT molecular complexity index is 961. The van der Waals surface area contributed by atoms with Crippen molar-refractivity contribution in [1.82, 2.24) is 0 Å². The number of rotatable bonds is 7. The van der Waals surface area contributed by atoms with Crippen LogP contribution in [-0.2, 0) is 32.3 Å². The topological polar surface area (TPSA) is 105 Å². The standard InChI is InChI=1S/C21H15N3O4/c1-24-19(21(26)28-14-18-8-4-16(12-23)5-9-18)10-20(25)27-13-17-6-2-15(11-22)3-7-17/h2-9,19H,10,13-14H2/t19-/m1/s1. The van der Waals surface area contributed by atoms with Crippen molar-refractivity contribution in [3.8, 4) is 12.1 Å². The van der Waals surface area contributed by atoms with Crippen molar-refractivity contribution >= 4 is 11.9 Å². The highest BCUT2D eigenvalue weighted by molar-refractivity contribution is 5.84. The summed E-state index contributed by atoms with van der Waals surface area (Å²) < 4.78 is 10.1. The van der Waals surface area contributed by atoms with E-state index < -0.39 is 24.4 Å². The molecular weight excluding hydrogens is 358 g/mol. The highest BCUT2D eigenvalue weighted by atomic mass is 16.5. The molecule has 0 saturated carbocycles. The molecule has 0 saturated heterocycles. The van der Waals surface area contributed by atoms with Crippen molar-refractivity contribution in [3.05, 3.63) is 82.2 Å². The van der Waals surface area contributed by atoms with Crippen LogP contribution >= 0.6 is 0 Å². The molecule has 0 heterocycles. The number of hydrogen-bond donors (Lipinski definition) is 0. The molecule has 0 N–H and O–H groups in total. The van der Waals surface area contributed by atoms with E-state index in [4.69, 9.17) is 26.6 Å². The maximum absolute atomic E-state index is 12.0. The van der Waals surface area contributed by atoms with Crippen LogP contribution in [0.5, 0.6) is 0 Å². The smallest absolute Gasteiger partial charge is 0.391 e. The Morgan fingerprint density at radius 1 is 0.893 bits per heavy atom. The van der Waals surface area contributed by atoms with E-state index in [0.717, 1.165) is 0 Å². The van der Waals surface area contributed by atoms with Crippen molar-refractivity contribution in [2.24, 2.45) is 0 Å². The van der Waals surface area contributed by atoms with Crippen molar-refractivity contribution in [3.63, 3.8) is 0 Å². The number of hydrogen-bond acceptors (Lipinski definition) is 6. The number of nitrogens with zero attached hydrogens (tertiary/aromatic N) is 3. The zero-order valence-electron chi connectivity index (χ0n) is 14.8. The Morgan fingerprint density at radius 3 is 1.79 bits per heavy atom. The summed E-state index contributed by atoms with van der Waals surface area (Å²) >= 11 is 0. The van der Waals surface area contributed by atoms with Gasteiger partial charge in [0.05, 0.1) is 23.3 Å². The number of esters is 2. The highest BCUT2D eigenvalue weighted by Crippen LogP contribution is 2.10. The van der Waals surface area contributed by atoms with E-state index in [1.165, 1.54) is 0 Å². The number of nitriles is 2. The lowest BCUT2D eigenvalue weighted by Crippen LogP contribution is -2.24. The van der Waals surface area contributed by atoms with Gasteiger partial charge in [0.1, 0.15) is 19.6 Å². The predicted molar refractivity (Wildman–Crippen MR) is 96.9 cm³/mol. The maximum Gasteiger partial charge on any atom is 0.391 e. The monoisotopic (exact) mass is 373 g/mol. The molecule has 0 aliphatic heterocycles. The second kappa shape index (κ2) is 10.1. The largest absolute Gasteiger partial charge is 0.461 e. The molecule has 0 unspecified atom stereocenters. The predicted octanol–water partition coefficient (Wildman–Crippen LogP) is 2.89. The average Bonchev–Trinajstić information content (AvgIpc) is 2.75. The minimum absolute atomic E-state index is 0.0183. The number of carbonyl (C=O) groups excluding carboxylic acids is 2. The zero-order chi connectivity index (χ0) is 20.4. The molecule has 0 aromatic heterocycles. The molecule has 0 amide bonds. The van der Waals surface area contributed by atoms with Gasteiger partial charge in [-0.3, -0.25) is 4.79 Å². The highest BCUT2D eigenvalue weighted by Gasteiger charge is 2.29. The summed E-state index contributed by atoms with van der Waals surface area (Å²) in [6.07, 6.45) is -0.411. The summed E-state index contributed by atoms with van der Waals surface area (Å²) in [5.41, 5.74) is 2.34. The van der Waals surface area contributed by atoms with Gasteiger partial charge in [0.2, 0.25) is 0 Å². The first-order chi connectivity index (χ1) is 13.5. The third-order valence-electron chi connectivity index (χ3n) is 3.73. The molecule has 7 heteroatoms. The van der Waals surface area contributed by atoms with Crippen LogP contribution in [0, 0.1) is 29.2 Å². The van der Waals surface area contributed by atoms with Gasteiger partial charge < -0.3 is 14.3 Å². The fourth-order valence-corrected chi connectivity index (χ4v) is 2.16. The Labute approximate surface area is 162 Å². The van der Waals surface area contributed by atoms with Gasteiger partial charge in [0.25, 0.3) is 0 Å². The summed E-state index contributed by atoms with van der Waals surface area (Å²) in [7, 11) is 0. The summed E-state index contributed by atoms with van der Waals surface area (Å²) in [5.74, 6) is -1.50. The number of benzene rings is 2. The third kappa shape index (κ3) is 5.98.